The predicted molar refractivity (Wildman–Crippen MR) is 152 cm³/mol. The molecular formula is C28H35N5O6Si. The minimum Gasteiger partial charge on any atom is -0.497 e. The average Bonchev–Trinajstić information content (AvgIpc) is 3.58. The molecule has 12 heteroatoms. The third-order valence-electron chi connectivity index (χ3n) is 8.76. The fourth-order valence-electron chi connectivity index (χ4n) is 6.73. The van der Waals surface area contributed by atoms with Crippen LogP contribution in [0.2, 0.25) is 18.6 Å². The number of benzene rings is 2. The zero-order valence-electron chi connectivity index (χ0n) is 23.4. The highest BCUT2D eigenvalue weighted by Gasteiger charge is 2.66. The van der Waals surface area contributed by atoms with Crippen LogP contribution in [-0.2, 0) is 28.1 Å². The first-order chi connectivity index (χ1) is 19.0. The van der Waals surface area contributed by atoms with Crippen molar-refractivity contribution < 1.29 is 24.3 Å². The van der Waals surface area contributed by atoms with Crippen LogP contribution in [0.4, 0.5) is 11.4 Å². The maximum atomic E-state index is 14.0. The molecule has 1 N–H and O–H groups in total. The van der Waals surface area contributed by atoms with Gasteiger partial charge in [-0.15, -0.1) is 5.10 Å². The van der Waals surface area contributed by atoms with E-state index in [1.807, 2.05) is 18.3 Å². The Labute approximate surface area is 233 Å². The van der Waals surface area contributed by atoms with Gasteiger partial charge in [0.05, 0.1) is 37.6 Å². The van der Waals surface area contributed by atoms with Crippen LogP contribution >= 0.6 is 0 Å². The maximum Gasteiger partial charge on any atom is 0.269 e. The maximum absolute atomic E-state index is 14.0. The van der Waals surface area contributed by atoms with Crippen molar-refractivity contribution in [3.8, 4) is 5.75 Å². The quantitative estimate of drug-likeness (QED) is 0.238. The number of nitro benzene ring substituents is 1. The summed E-state index contributed by atoms with van der Waals surface area (Å²) in [6.45, 7) is 7.14. The highest BCUT2D eigenvalue weighted by atomic mass is 28.3. The summed E-state index contributed by atoms with van der Waals surface area (Å²) in [6, 6.07) is 12.7. The normalized spacial score (nSPS) is 24.1. The second-order valence-corrected chi connectivity index (χ2v) is 15.9. The number of fused-ring (bicyclic) bond motifs is 2. The predicted octanol–water partition coefficient (Wildman–Crippen LogP) is 3.01. The van der Waals surface area contributed by atoms with Crippen molar-refractivity contribution >= 4 is 30.5 Å². The molecule has 212 valence electrons. The second kappa shape index (κ2) is 10.4. The number of aromatic nitrogens is 3. The molecule has 0 radical (unpaired) electrons. The molecule has 5 rings (SSSR count). The summed E-state index contributed by atoms with van der Waals surface area (Å²) in [4.78, 5) is 26.9. The van der Waals surface area contributed by atoms with Gasteiger partial charge in [0.2, 0.25) is 0 Å². The van der Waals surface area contributed by atoms with Gasteiger partial charge in [0.25, 0.3) is 11.6 Å². The second-order valence-electron chi connectivity index (χ2n) is 11.2. The third-order valence-corrected chi connectivity index (χ3v) is 13.1. The van der Waals surface area contributed by atoms with Crippen LogP contribution in [0, 0.1) is 16.0 Å². The Balaban J connectivity index is 1.58. The number of carbonyl (C=O) groups is 1. The van der Waals surface area contributed by atoms with Gasteiger partial charge in [0.1, 0.15) is 5.75 Å². The van der Waals surface area contributed by atoms with Crippen molar-refractivity contribution in [3.05, 3.63) is 70.0 Å². The summed E-state index contributed by atoms with van der Waals surface area (Å²) >= 11 is 0. The molecule has 0 bridgehead atoms. The lowest BCUT2D eigenvalue weighted by atomic mass is 9.82. The highest BCUT2D eigenvalue weighted by Crippen LogP contribution is 2.60. The smallest absolute Gasteiger partial charge is 0.269 e. The lowest BCUT2D eigenvalue weighted by molar-refractivity contribution is -0.385. The molecule has 1 fully saturated rings. The number of carbonyl (C=O) groups excluding carboxylic acids is 1. The van der Waals surface area contributed by atoms with Crippen LogP contribution in [0.3, 0.4) is 0 Å². The molecule has 3 aromatic rings. The van der Waals surface area contributed by atoms with Gasteiger partial charge in [-0.2, -0.15) is 0 Å². The van der Waals surface area contributed by atoms with E-state index < -0.39 is 18.6 Å². The molecule has 2 aromatic carbocycles. The molecule has 1 saturated heterocycles. The van der Waals surface area contributed by atoms with Gasteiger partial charge in [-0.25, -0.2) is 0 Å². The average molecular weight is 566 g/mol. The number of aliphatic hydroxyl groups is 1. The lowest BCUT2D eigenvalue weighted by Gasteiger charge is -2.37. The SMILES string of the molecule is COc1ccc([Si](C)(C)[C@@H]2[C@@H](CCn3cc(CCO)nn3)O[C@]3(C(=O)N(C)c4ccc([N+](=O)[O-])cc43)[C@H]2C)cc1. The zero-order chi connectivity index (χ0) is 28.8. The Morgan fingerprint density at radius 2 is 1.95 bits per heavy atom. The molecule has 0 saturated carbocycles. The van der Waals surface area contributed by atoms with E-state index in [-0.39, 0.29) is 35.8 Å². The van der Waals surface area contributed by atoms with Crippen LogP contribution in [0.1, 0.15) is 24.6 Å². The van der Waals surface area contributed by atoms with Crippen LogP contribution in [-0.4, -0.2) is 65.9 Å². The molecule has 4 atom stereocenters. The van der Waals surface area contributed by atoms with Crippen molar-refractivity contribution in [3.63, 3.8) is 0 Å². The van der Waals surface area contributed by atoms with Crippen LogP contribution in [0.15, 0.2) is 48.7 Å². The van der Waals surface area contributed by atoms with Crippen molar-refractivity contribution in [1.82, 2.24) is 15.0 Å². The topological polar surface area (TPSA) is 133 Å². The summed E-state index contributed by atoms with van der Waals surface area (Å²) in [5.74, 6) is 0.324. The number of hydrogen-bond acceptors (Lipinski definition) is 8. The van der Waals surface area contributed by atoms with Crippen molar-refractivity contribution in [2.75, 3.05) is 25.7 Å². The number of nitrogens with zero attached hydrogens (tertiary/aromatic N) is 5. The Hall–Kier alpha value is -3.61. The number of ether oxygens (including phenoxy) is 2. The van der Waals surface area contributed by atoms with Crippen molar-refractivity contribution in [2.24, 2.45) is 5.92 Å². The fraction of sp³-hybridized carbons (Fsp3) is 0.464. The van der Waals surface area contributed by atoms with Gasteiger partial charge in [-0.1, -0.05) is 42.6 Å². The molecule has 0 unspecified atom stereocenters. The largest absolute Gasteiger partial charge is 0.497 e. The summed E-state index contributed by atoms with van der Waals surface area (Å²) in [5, 5.41) is 30.5. The van der Waals surface area contributed by atoms with E-state index in [2.05, 4.69) is 42.5 Å². The van der Waals surface area contributed by atoms with E-state index in [1.165, 1.54) is 17.3 Å². The van der Waals surface area contributed by atoms with Crippen LogP contribution in [0.25, 0.3) is 0 Å². The van der Waals surface area contributed by atoms with E-state index in [4.69, 9.17) is 9.47 Å². The molecule has 0 aliphatic carbocycles. The third kappa shape index (κ3) is 4.40. The van der Waals surface area contributed by atoms with Gasteiger partial charge in [-0.05, 0) is 30.2 Å². The first kappa shape index (κ1) is 27.9. The number of likely N-dealkylation sites (N-methyl/N-ethyl adjacent to an activating group) is 1. The molecule has 11 nitrogen and oxygen atoms in total. The van der Waals surface area contributed by atoms with Crippen molar-refractivity contribution in [1.29, 1.82) is 0 Å². The summed E-state index contributed by atoms with van der Waals surface area (Å²) < 4.78 is 14.0. The van der Waals surface area contributed by atoms with E-state index in [0.29, 0.717) is 36.3 Å². The highest BCUT2D eigenvalue weighted by molar-refractivity contribution is 6.91. The van der Waals surface area contributed by atoms with E-state index in [9.17, 15) is 20.0 Å². The number of anilines is 1. The van der Waals surface area contributed by atoms with Crippen LogP contribution in [0.5, 0.6) is 5.75 Å². The van der Waals surface area contributed by atoms with E-state index in [0.717, 1.165) is 5.75 Å². The molecule has 1 spiro atoms. The summed E-state index contributed by atoms with van der Waals surface area (Å²) in [5.41, 5.74) is 0.507. The molecule has 2 aliphatic heterocycles. The number of aliphatic hydroxyl groups excluding tert-OH is 1. The standard InChI is InChI=1S/C28H35N5O6Si/c1-18-26(40(4,5)22-9-7-21(38-3)8-10-22)25(12-14-32-17-19(13-15-34)29-30-32)39-28(18)23-16-20(33(36)37)6-11-24(23)31(2)27(28)35/h6-11,16-18,25-26,34H,12-15H2,1-5H3/t18-,25+,26-,28+/m0/s1. The monoisotopic (exact) mass is 565 g/mol. The van der Waals surface area contributed by atoms with E-state index in [1.54, 1.807) is 29.8 Å². The first-order valence-electron chi connectivity index (χ1n) is 13.4. The number of nitro groups is 1. The molecule has 3 heterocycles. The van der Waals surface area contributed by atoms with Gasteiger partial charge in [-0.3, -0.25) is 19.6 Å². The summed E-state index contributed by atoms with van der Waals surface area (Å²) in [7, 11) is 1.02. The molecule has 40 heavy (non-hydrogen) atoms. The number of amides is 1. The number of hydrogen-bond donors (Lipinski definition) is 1. The fourth-order valence-corrected chi connectivity index (χ4v) is 10.8. The molecule has 1 aromatic heterocycles. The molecule has 2 aliphatic rings. The van der Waals surface area contributed by atoms with Gasteiger partial charge < -0.3 is 19.5 Å². The molecule has 1 amide bonds. The first-order valence-corrected chi connectivity index (χ1v) is 16.5. The van der Waals surface area contributed by atoms with E-state index >= 15 is 0 Å². The minimum atomic E-state index is -2.32. The van der Waals surface area contributed by atoms with Crippen LogP contribution < -0.4 is 14.8 Å². The van der Waals surface area contributed by atoms with Gasteiger partial charge in [0, 0.05) is 56.4 Å². The lowest BCUT2D eigenvalue weighted by Crippen LogP contribution is -2.51. The number of methoxy groups -OCH3 is 1. The van der Waals surface area contributed by atoms with Gasteiger partial charge >= 0.3 is 0 Å². The zero-order valence-corrected chi connectivity index (χ0v) is 24.4. The number of aryl methyl sites for hydroxylation is 1. The van der Waals surface area contributed by atoms with Gasteiger partial charge in [0.15, 0.2) is 5.60 Å². The Bertz CT molecular complexity index is 1430. The number of non-ortho nitro benzene ring substituents is 1. The molecular weight excluding hydrogens is 530 g/mol. The number of rotatable bonds is 9. The Morgan fingerprint density at radius 1 is 1.23 bits per heavy atom. The minimum absolute atomic E-state index is 0.00360. The Morgan fingerprint density at radius 3 is 2.60 bits per heavy atom. The Kier molecular flexibility index (Phi) is 7.27. The van der Waals surface area contributed by atoms with Crippen molar-refractivity contribution in [2.45, 2.75) is 56.7 Å². The summed E-state index contributed by atoms with van der Waals surface area (Å²) in [6.07, 6.45) is 2.51.